The number of ether oxygens (including phenoxy) is 2. The molecular weight excluding hydrogens is 369 g/mol. The van der Waals surface area contributed by atoms with E-state index in [1.165, 1.54) is 0 Å². The Labute approximate surface area is 131 Å². The molecule has 0 saturated heterocycles. The van der Waals surface area contributed by atoms with Gasteiger partial charge in [0, 0.05) is 3.57 Å². The predicted molar refractivity (Wildman–Crippen MR) is 86.0 cm³/mol. The zero-order valence-electron chi connectivity index (χ0n) is 11.0. The largest absolute Gasteiger partial charge is 0.493 e. The predicted octanol–water partition coefficient (Wildman–Crippen LogP) is 4.15. The Morgan fingerprint density at radius 3 is 2.55 bits per heavy atom. The zero-order chi connectivity index (χ0) is 14.4. The second kappa shape index (κ2) is 7.23. The number of methoxy groups -OCH3 is 1. The molecule has 104 valence electrons. The van der Waals surface area contributed by atoms with Crippen molar-refractivity contribution >= 4 is 22.6 Å². The second-order valence-corrected chi connectivity index (χ2v) is 5.32. The second-order valence-electron chi connectivity index (χ2n) is 4.16. The van der Waals surface area contributed by atoms with Gasteiger partial charge in [-0.2, -0.15) is 4.91 Å². The average Bonchev–Trinajstić information content (AvgIpc) is 2.48. The Morgan fingerprint density at radius 1 is 1.15 bits per heavy atom. The molecule has 0 unspecified atom stereocenters. The van der Waals surface area contributed by atoms with Gasteiger partial charge in [-0.3, -0.25) is 0 Å². The lowest BCUT2D eigenvalue weighted by atomic mass is 10.2. The van der Waals surface area contributed by atoms with Crippen molar-refractivity contribution in [3.8, 4) is 11.5 Å². The highest BCUT2D eigenvalue weighted by molar-refractivity contribution is 14.1. The van der Waals surface area contributed by atoms with Crippen LogP contribution in [0, 0.1) is 8.48 Å². The number of hydrogen-bond donors (Lipinski definition) is 0. The van der Waals surface area contributed by atoms with Crippen LogP contribution in [-0.2, 0) is 13.2 Å². The van der Waals surface area contributed by atoms with Gasteiger partial charge in [0.25, 0.3) is 0 Å². The zero-order valence-corrected chi connectivity index (χ0v) is 13.2. The van der Waals surface area contributed by atoms with Crippen LogP contribution < -0.4 is 9.47 Å². The highest BCUT2D eigenvalue weighted by Gasteiger charge is 2.10. The molecule has 0 fully saturated rings. The van der Waals surface area contributed by atoms with Crippen molar-refractivity contribution in [2.45, 2.75) is 13.2 Å². The Balaban J connectivity index is 2.18. The van der Waals surface area contributed by atoms with E-state index in [1.807, 2.05) is 36.4 Å². The first kappa shape index (κ1) is 14.8. The van der Waals surface area contributed by atoms with Crippen molar-refractivity contribution in [1.82, 2.24) is 0 Å². The average molecular weight is 383 g/mol. The third-order valence-corrected chi connectivity index (χ3v) is 3.81. The summed E-state index contributed by atoms with van der Waals surface area (Å²) >= 11 is 2.16. The number of rotatable bonds is 6. The minimum atomic E-state index is 0.133. The van der Waals surface area contributed by atoms with Crippen LogP contribution >= 0.6 is 22.6 Å². The summed E-state index contributed by atoms with van der Waals surface area (Å²) in [5.74, 6) is 1.27. The van der Waals surface area contributed by atoms with Crippen LogP contribution in [0.15, 0.2) is 47.6 Å². The number of nitroso groups, excluding NO2 is 1. The van der Waals surface area contributed by atoms with Crippen LogP contribution in [0.5, 0.6) is 11.5 Å². The van der Waals surface area contributed by atoms with Crippen molar-refractivity contribution in [2.24, 2.45) is 5.18 Å². The molecule has 0 atom stereocenters. The van der Waals surface area contributed by atoms with Gasteiger partial charge in [-0.05, 0) is 45.9 Å². The van der Waals surface area contributed by atoms with Crippen LogP contribution in [0.4, 0.5) is 0 Å². The number of halogens is 1. The molecule has 0 spiro atoms. The molecule has 0 aliphatic rings. The van der Waals surface area contributed by atoms with E-state index >= 15 is 0 Å². The molecule has 0 heterocycles. The van der Waals surface area contributed by atoms with Crippen molar-refractivity contribution in [2.75, 3.05) is 7.11 Å². The third kappa shape index (κ3) is 3.69. The van der Waals surface area contributed by atoms with Crippen molar-refractivity contribution < 1.29 is 9.47 Å². The Morgan fingerprint density at radius 2 is 1.90 bits per heavy atom. The van der Waals surface area contributed by atoms with Crippen LogP contribution in [0.1, 0.15) is 11.1 Å². The van der Waals surface area contributed by atoms with Crippen LogP contribution in [-0.4, -0.2) is 7.11 Å². The lowest BCUT2D eigenvalue weighted by Crippen LogP contribution is -1.99. The molecule has 0 aliphatic carbocycles. The van der Waals surface area contributed by atoms with E-state index in [9.17, 15) is 4.91 Å². The summed E-state index contributed by atoms with van der Waals surface area (Å²) in [6.45, 7) is 0.603. The number of hydrogen-bond acceptors (Lipinski definition) is 4. The van der Waals surface area contributed by atoms with Crippen LogP contribution in [0.25, 0.3) is 0 Å². The van der Waals surface area contributed by atoms with Gasteiger partial charge in [0.15, 0.2) is 11.5 Å². The first-order chi connectivity index (χ1) is 9.74. The van der Waals surface area contributed by atoms with Gasteiger partial charge in [-0.25, -0.2) is 0 Å². The summed E-state index contributed by atoms with van der Waals surface area (Å²) in [5, 5.41) is 2.91. The topological polar surface area (TPSA) is 47.9 Å². The molecule has 0 saturated carbocycles. The SMILES string of the molecule is COc1cc(CN=O)c(I)cc1OCc1ccccc1. The van der Waals surface area contributed by atoms with E-state index in [0.29, 0.717) is 18.1 Å². The summed E-state index contributed by atoms with van der Waals surface area (Å²) in [4.78, 5) is 10.4. The molecule has 5 heteroatoms. The summed E-state index contributed by atoms with van der Waals surface area (Å²) in [5.41, 5.74) is 1.92. The molecule has 0 amide bonds. The standard InChI is InChI=1S/C15H14INO3/c1-19-14-7-12(9-17-18)13(16)8-15(14)20-10-11-5-3-2-4-6-11/h2-8H,9-10H2,1H3. The first-order valence-corrected chi connectivity index (χ1v) is 7.14. The highest BCUT2D eigenvalue weighted by atomic mass is 127. The van der Waals surface area contributed by atoms with Gasteiger partial charge in [0.2, 0.25) is 0 Å². The Hall–Kier alpha value is -1.63. The maximum atomic E-state index is 10.4. The van der Waals surface area contributed by atoms with Gasteiger partial charge in [-0.15, -0.1) is 0 Å². The fourth-order valence-corrected chi connectivity index (χ4v) is 2.38. The third-order valence-electron chi connectivity index (χ3n) is 2.80. The molecule has 20 heavy (non-hydrogen) atoms. The molecule has 0 aromatic heterocycles. The first-order valence-electron chi connectivity index (χ1n) is 6.07. The normalized spacial score (nSPS) is 10.1. The lowest BCUT2D eigenvalue weighted by molar-refractivity contribution is 0.284. The maximum absolute atomic E-state index is 10.4. The van der Waals surface area contributed by atoms with Crippen molar-refractivity contribution in [1.29, 1.82) is 0 Å². The van der Waals surface area contributed by atoms with E-state index in [0.717, 1.165) is 14.7 Å². The molecule has 2 rings (SSSR count). The highest BCUT2D eigenvalue weighted by Crippen LogP contribution is 2.32. The van der Waals surface area contributed by atoms with Crippen LogP contribution in [0.3, 0.4) is 0 Å². The van der Waals surface area contributed by atoms with Gasteiger partial charge in [-0.1, -0.05) is 35.5 Å². The molecule has 2 aromatic rings. The molecular formula is C15H14INO3. The Kier molecular flexibility index (Phi) is 5.34. The van der Waals surface area contributed by atoms with Gasteiger partial charge in [0.05, 0.1) is 7.11 Å². The molecule has 2 aromatic carbocycles. The number of benzene rings is 2. The van der Waals surface area contributed by atoms with E-state index in [1.54, 1.807) is 13.2 Å². The lowest BCUT2D eigenvalue weighted by Gasteiger charge is -2.13. The minimum Gasteiger partial charge on any atom is -0.493 e. The van der Waals surface area contributed by atoms with E-state index in [4.69, 9.17) is 9.47 Å². The van der Waals surface area contributed by atoms with Crippen molar-refractivity contribution in [3.05, 3.63) is 62.1 Å². The van der Waals surface area contributed by atoms with Gasteiger partial charge < -0.3 is 9.47 Å². The summed E-state index contributed by atoms with van der Waals surface area (Å²) < 4.78 is 12.0. The fraction of sp³-hybridized carbons (Fsp3) is 0.200. The fourth-order valence-electron chi connectivity index (χ4n) is 1.78. The summed E-state index contributed by atoms with van der Waals surface area (Å²) in [6.07, 6.45) is 0. The molecule has 0 radical (unpaired) electrons. The van der Waals surface area contributed by atoms with E-state index in [-0.39, 0.29) is 6.54 Å². The summed E-state index contributed by atoms with van der Waals surface area (Å²) in [6, 6.07) is 13.6. The van der Waals surface area contributed by atoms with E-state index < -0.39 is 0 Å². The summed E-state index contributed by atoms with van der Waals surface area (Å²) in [7, 11) is 1.58. The quantitative estimate of drug-likeness (QED) is 0.556. The molecule has 4 nitrogen and oxygen atoms in total. The molecule has 0 N–H and O–H groups in total. The minimum absolute atomic E-state index is 0.133. The smallest absolute Gasteiger partial charge is 0.162 e. The van der Waals surface area contributed by atoms with Crippen LogP contribution in [0.2, 0.25) is 0 Å². The maximum Gasteiger partial charge on any atom is 0.162 e. The van der Waals surface area contributed by atoms with Gasteiger partial charge >= 0.3 is 0 Å². The molecule has 0 bridgehead atoms. The monoisotopic (exact) mass is 383 g/mol. The Bertz CT molecular complexity index is 587. The molecule has 0 aliphatic heterocycles. The van der Waals surface area contributed by atoms with Gasteiger partial charge in [0.1, 0.15) is 13.2 Å². The van der Waals surface area contributed by atoms with E-state index in [2.05, 4.69) is 27.8 Å². The van der Waals surface area contributed by atoms with Crippen molar-refractivity contribution in [3.63, 3.8) is 0 Å². The number of nitrogens with zero attached hydrogens (tertiary/aromatic N) is 1.